The predicted octanol–water partition coefficient (Wildman–Crippen LogP) is 2.00. The van der Waals surface area contributed by atoms with Crippen molar-refractivity contribution in [2.75, 3.05) is 0 Å². The molecular weight excluding hydrogens is 282 g/mol. The molecule has 0 fully saturated rings. The van der Waals surface area contributed by atoms with Crippen molar-refractivity contribution in [2.24, 2.45) is 0 Å². The van der Waals surface area contributed by atoms with Crippen LogP contribution in [0.1, 0.15) is 31.2 Å². The lowest BCUT2D eigenvalue weighted by Gasteiger charge is -2.43. The summed E-state index contributed by atoms with van der Waals surface area (Å²) in [4.78, 5) is 37.4. The van der Waals surface area contributed by atoms with Crippen molar-refractivity contribution < 1.29 is 19.1 Å². The van der Waals surface area contributed by atoms with Gasteiger partial charge in [-0.3, -0.25) is 14.4 Å². The maximum atomic E-state index is 12.1. The summed E-state index contributed by atoms with van der Waals surface area (Å²) in [6.45, 7) is 2.53. The number of rotatable bonds is 3. The van der Waals surface area contributed by atoms with Crippen molar-refractivity contribution in [3.63, 3.8) is 0 Å². The number of hydrogen-bond acceptors (Lipinski definition) is 5. The van der Waals surface area contributed by atoms with Gasteiger partial charge in [0, 0.05) is 18.0 Å². The van der Waals surface area contributed by atoms with E-state index in [2.05, 4.69) is 0 Å². The highest BCUT2D eigenvalue weighted by molar-refractivity contribution is 6.16. The number of benzene rings is 1. The van der Waals surface area contributed by atoms with Gasteiger partial charge in [0.15, 0.2) is 24.1 Å². The van der Waals surface area contributed by atoms with E-state index < -0.39 is 23.4 Å². The number of aldehydes is 1. The molecule has 1 unspecified atom stereocenters. The molecule has 0 N–H and O–H groups in total. The number of carbonyl (C=O) groups excluding carboxylic acids is 3. The lowest BCUT2D eigenvalue weighted by atomic mass is 9.84. The first kappa shape index (κ1) is 14.4. The first-order valence-corrected chi connectivity index (χ1v) is 6.92. The van der Waals surface area contributed by atoms with Crippen LogP contribution in [0, 0.1) is 0 Å². The van der Waals surface area contributed by atoms with Gasteiger partial charge in [0.2, 0.25) is 5.60 Å². The summed E-state index contributed by atoms with van der Waals surface area (Å²) in [5, 5.41) is 0. The van der Waals surface area contributed by atoms with Crippen molar-refractivity contribution in [1.29, 1.82) is 0 Å². The number of nitrogens with zero attached hydrogens (tertiary/aromatic N) is 1. The van der Waals surface area contributed by atoms with E-state index in [1.54, 1.807) is 11.1 Å². The molecule has 0 aliphatic carbocycles. The van der Waals surface area contributed by atoms with E-state index in [0.29, 0.717) is 6.29 Å². The molecule has 0 aromatic heterocycles. The normalized spacial score (nSPS) is 21.5. The minimum Gasteiger partial charge on any atom is -0.327 e. The van der Waals surface area contributed by atoms with E-state index in [4.69, 9.17) is 4.74 Å². The first-order valence-electron chi connectivity index (χ1n) is 6.92. The van der Waals surface area contributed by atoms with Crippen molar-refractivity contribution >= 4 is 23.9 Å². The van der Waals surface area contributed by atoms with Gasteiger partial charge < -0.3 is 9.64 Å². The van der Waals surface area contributed by atoms with Crippen molar-refractivity contribution in [3.05, 3.63) is 53.4 Å². The van der Waals surface area contributed by atoms with Gasteiger partial charge in [0.25, 0.3) is 0 Å². The molecule has 112 valence electrons. The second kappa shape index (κ2) is 5.03. The predicted molar refractivity (Wildman–Crippen MR) is 79.4 cm³/mol. The van der Waals surface area contributed by atoms with Gasteiger partial charge in [-0.25, -0.2) is 0 Å². The Morgan fingerprint density at radius 1 is 1.23 bits per heavy atom. The topological polar surface area (TPSA) is 63.7 Å². The van der Waals surface area contributed by atoms with E-state index in [9.17, 15) is 14.4 Å². The molecule has 1 aromatic rings. The minimum atomic E-state index is -1.83. The first-order chi connectivity index (χ1) is 10.5. The molecule has 0 saturated heterocycles. The Kier molecular flexibility index (Phi) is 3.30. The summed E-state index contributed by atoms with van der Waals surface area (Å²) >= 11 is 0. The quantitative estimate of drug-likeness (QED) is 0.631. The van der Waals surface area contributed by atoms with Crippen LogP contribution in [0.25, 0.3) is 6.08 Å². The fourth-order valence-electron chi connectivity index (χ4n) is 2.95. The highest BCUT2D eigenvalue weighted by atomic mass is 16.5. The Morgan fingerprint density at radius 3 is 2.55 bits per heavy atom. The molecule has 5 nitrogen and oxygen atoms in total. The summed E-state index contributed by atoms with van der Waals surface area (Å²) in [6, 6.07) is 7.56. The van der Waals surface area contributed by atoms with E-state index in [0.717, 1.165) is 11.1 Å². The van der Waals surface area contributed by atoms with Gasteiger partial charge in [-0.05, 0) is 25.5 Å². The molecular formula is C17H15NO4. The monoisotopic (exact) mass is 297 g/mol. The third kappa shape index (κ3) is 1.86. The third-order valence-corrected chi connectivity index (χ3v) is 4.06. The highest BCUT2D eigenvalue weighted by Gasteiger charge is 2.51. The molecule has 2 aliphatic rings. The van der Waals surface area contributed by atoms with Crippen molar-refractivity contribution in [1.82, 2.24) is 4.90 Å². The fraction of sp³-hybridized carbons (Fsp3) is 0.235. The molecule has 0 spiro atoms. The van der Waals surface area contributed by atoms with Crippen LogP contribution in [-0.2, 0) is 19.1 Å². The maximum Gasteiger partial charge on any atom is 0.216 e. The average molecular weight is 297 g/mol. The largest absolute Gasteiger partial charge is 0.327 e. The number of ether oxygens (including phenoxy) is 1. The molecule has 0 amide bonds. The van der Waals surface area contributed by atoms with Gasteiger partial charge in [-0.15, -0.1) is 0 Å². The second-order valence-electron chi connectivity index (χ2n) is 5.36. The zero-order valence-electron chi connectivity index (χ0n) is 12.3. The maximum absolute atomic E-state index is 12.1. The average Bonchev–Trinajstić information content (AvgIpc) is 2.52. The molecule has 5 heteroatoms. The molecule has 3 rings (SSSR count). The van der Waals surface area contributed by atoms with Crippen LogP contribution in [0.15, 0.2) is 42.2 Å². The van der Waals surface area contributed by atoms with Crippen molar-refractivity contribution in [3.8, 4) is 0 Å². The summed E-state index contributed by atoms with van der Waals surface area (Å²) in [5.74, 6) is -0.991. The molecule has 1 atom stereocenters. The number of ketones is 2. The van der Waals surface area contributed by atoms with Gasteiger partial charge >= 0.3 is 0 Å². The van der Waals surface area contributed by atoms with Crippen LogP contribution in [0.3, 0.4) is 0 Å². The Bertz CT molecular complexity index is 718. The van der Waals surface area contributed by atoms with E-state index in [-0.39, 0.29) is 5.57 Å². The Labute approximate surface area is 127 Å². The van der Waals surface area contributed by atoms with Crippen LogP contribution in [0.4, 0.5) is 0 Å². The Morgan fingerprint density at radius 2 is 1.91 bits per heavy atom. The van der Waals surface area contributed by atoms with Crippen LogP contribution >= 0.6 is 0 Å². The van der Waals surface area contributed by atoms with E-state index in [1.165, 1.54) is 20.0 Å². The van der Waals surface area contributed by atoms with Gasteiger partial charge in [0.1, 0.15) is 0 Å². The molecule has 0 radical (unpaired) electrons. The van der Waals surface area contributed by atoms with E-state index >= 15 is 0 Å². The summed E-state index contributed by atoms with van der Waals surface area (Å²) < 4.78 is 5.91. The lowest BCUT2D eigenvalue weighted by molar-refractivity contribution is -0.172. The molecule has 22 heavy (non-hydrogen) atoms. The van der Waals surface area contributed by atoms with Gasteiger partial charge in [0.05, 0.1) is 5.57 Å². The lowest BCUT2D eigenvalue weighted by Crippen LogP contribution is -2.54. The molecule has 2 aliphatic heterocycles. The summed E-state index contributed by atoms with van der Waals surface area (Å²) in [6.07, 6.45) is 5.06. The van der Waals surface area contributed by atoms with Crippen LogP contribution in [0.2, 0.25) is 0 Å². The van der Waals surface area contributed by atoms with Crippen LogP contribution in [-0.4, -0.2) is 28.4 Å². The Hall–Kier alpha value is -2.53. The summed E-state index contributed by atoms with van der Waals surface area (Å²) in [7, 11) is 0. The zero-order chi connectivity index (χ0) is 15.9. The van der Waals surface area contributed by atoms with Gasteiger partial charge in [-0.1, -0.05) is 24.3 Å². The smallest absolute Gasteiger partial charge is 0.216 e. The number of carbonyl (C=O) groups is 3. The molecule has 0 bridgehead atoms. The summed E-state index contributed by atoms with van der Waals surface area (Å²) in [5.41, 5.74) is -0.0140. The van der Waals surface area contributed by atoms with Crippen LogP contribution in [0.5, 0.6) is 0 Å². The molecule has 0 saturated carbocycles. The minimum absolute atomic E-state index is 0.0211. The van der Waals surface area contributed by atoms with Crippen LogP contribution < -0.4 is 0 Å². The molecule has 1 aromatic carbocycles. The molecule has 2 heterocycles. The van der Waals surface area contributed by atoms with Gasteiger partial charge in [-0.2, -0.15) is 0 Å². The zero-order valence-corrected chi connectivity index (χ0v) is 12.3. The van der Waals surface area contributed by atoms with E-state index in [1.807, 2.05) is 30.3 Å². The SMILES string of the molecule is CC(=O)C1(C(C)=O)OC2c3ccccc3C=CN2C=C1C=O. The third-order valence-electron chi connectivity index (χ3n) is 4.06. The fourth-order valence-corrected chi connectivity index (χ4v) is 2.95. The number of fused-ring (bicyclic) bond motifs is 3. The Balaban J connectivity index is 2.19. The van der Waals surface area contributed by atoms with Crippen molar-refractivity contribution in [2.45, 2.75) is 25.7 Å². The second-order valence-corrected chi connectivity index (χ2v) is 5.36. The highest BCUT2D eigenvalue weighted by Crippen LogP contribution is 2.41. The number of Topliss-reactive ketones (excluding diaryl/α,β-unsaturated/α-hetero) is 2. The number of hydrogen-bond donors (Lipinski definition) is 0. The standard InChI is InChI=1S/C17H15NO4/c1-11(20)17(12(2)21)14(10-19)9-18-8-7-13-5-3-4-6-15(13)16(18)22-17/h3-10,16H,1-2H3.